The van der Waals surface area contributed by atoms with Gasteiger partial charge in [-0.25, -0.2) is 0 Å². The summed E-state index contributed by atoms with van der Waals surface area (Å²) < 4.78 is 5.94. The number of hydrogen-bond acceptors (Lipinski definition) is 2. The average molecular weight is 243 g/mol. The van der Waals surface area contributed by atoms with Crippen LogP contribution in [0.5, 0.6) is 5.75 Å². The van der Waals surface area contributed by atoms with E-state index in [0.717, 1.165) is 30.8 Å². The van der Waals surface area contributed by atoms with Gasteiger partial charge in [0.1, 0.15) is 5.75 Å². The van der Waals surface area contributed by atoms with E-state index in [1.807, 2.05) is 0 Å². The van der Waals surface area contributed by atoms with E-state index in [9.17, 15) is 5.26 Å². The van der Waals surface area contributed by atoms with Gasteiger partial charge in [-0.05, 0) is 25.2 Å². The molecule has 0 amide bonds. The highest BCUT2D eigenvalue weighted by molar-refractivity contribution is 5.51. The van der Waals surface area contributed by atoms with Crippen molar-refractivity contribution in [3.63, 3.8) is 0 Å². The molecule has 0 radical (unpaired) electrons. The van der Waals surface area contributed by atoms with Crippen molar-refractivity contribution in [2.75, 3.05) is 6.61 Å². The lowest BCUT2D eigenvalue weighted by molar-refractivity contribution is 0.308. The van der Waals surface area contributed by atoms with Gasteiger partial charge in [-0.1, -0.05) is 38.5 Å². The molecule has 2 nitrogen and oxygen atoms in total. The number of rotatable bonds is 0. The van der Waals surface area contributed by atoms with E-state index in [1.54, 1.807) is 0 Å². The fraction of sp³-hybridized carbons (Fsp3) is 0.562. The lowest BCUT2D eigenvalue weighted by Gasteiger charge is -2.25. The van der Waals surface area contributed by atoms with Crippen LogP contribution in [0.4, 0.5) is 0 Å². The summed E-state index contributed by atoms with van der Waals surface area (Å²) in [5.74, 6) is 0.931. The molecule has 1 heterocycles. The van der Waals surface area contributed by atoms with Gasteiger partial charge in [-0.15, -0.1) is 0 Å². The number of benzene rings is 1. The van der Waals surface area contributed by atoms with Crippen LogP contribution in [0.25, 0.3) is 0 Å². The Labute approximate surface area is 110 Å². The minimum atomic E-state index is -0.0245. The number of aryl methyl sites for hydroxylation is 1. The smallest absolute Gasteiger partial charge is 0.127 e. The second kappa shape index (κ2) is 4.65. The van der Waals surface area contributed by atoms with Gasteiger partial charge in [0.25, 0.3) is 0 Å². The molecule has 0 aromatic heterocycles. The maximum absolute atomic E-state index is 9.34. The number of fused-ring (bicyclic) bond motifs is 1. The van der Waals surface area contributed by atoms with Crippen molar-refractivity contribution in [1.29, 1.82) is 5.26 Å². The minimum absolute atomic E-state index is 0.0245. The summed E-state index contributed by atoms with van der Waals surface area (Å²) in [6.07, 6.45) is 1.85. The van der Waals surface area contributed by atoms with Crippen LogP contribution in [0.2, 0.25) is 0 Å². The molecule has 0 saturated carbocycles. The van der Waals surface area contributed by atoms with Crippen molar-refractivity contribution in [1.82, 2.24) is 0 Å². The third-order valence-corrected chi connectivity index (χ3v) is 3.48. The van der Waals surface area contributed by atoms with Crippen molar-refractivity contribution in [3.8, 4) is 11.8 Å². The zero-order chi connectivity index (χ0) is 13.3. The normalized spacial score (nSPS) is 19.4. The van der Waals surface area contributed by atoms with Crippen LogP contribution in [-0.4, -0.2) is 6.61 Å². The van der Waals surface area contributed by atoms with Gasteiger partial charge < -0.3 is 4.74 Å². The molecule has 0 aliphatic carbocycles. The van der Waals surface area contributed by atoms with Gasteiger partial charge in [0, 0.05) is 11.1 Å². The topological polar surface area (TPSA) is 33.0 Å². The Kier molecular flexibility index (Phi) is 3.34. The van der Waals surface area contributed by atoms with E-state index in [1.165, 1.54) is 11.1 Å². The first kappa shape index (κ1) is 13.0. The van der Waals surface area contributed by atoms with Gasteiger partial charge >= 0.3 is 0 Å². The molecule has 0 spiro atoms. The maximum Gasteiger partial charge on any atom is 0.127 e. The fourth-order valence-electron chi connectivity index (χ4n) is 2.53. The molecular weight excluding hydrogens is 222 g/mol. The highest BCUT2D eigenvalue weighted by Gasteiger charge is 2.27. The molecule has 96 valence electrons. The van der Waals surface area contributed by atoms with E-state index >= 15 is 0 Å². The molecule has 1 aliphatic heterocycles. The third-order valence-electron chi connectivity index (χ3n) is 3.48. The van der Waals surface area contributed by atoms with Crippen LogP contribution in [0.3, 0.4) is 0 Å². The molecule has 18 heavy (non-hydrogen) atoms. The van der Waals surface area contributed by atoms with Gasteiger partial charge in [0.15, 0.2) is 0 Å². The summed E-state index contributed by atoms with van der Waals surface area (Å²) in [7, 11) is 0. The van der Waals surface area contributed by atoms with Gasteiger partial charge in [-0.3, -0.25) is 0 Å². The highest BCUT2D eigenvalue weighted by atomic mass is 16.5. The van der Waals surface area contributed by atoms with Crippen molar-refractivity contribution in [3.05, 3.63) is 28.8 Å². The average Bonchev–Trinajstić information content (AvgIpc) is 2.48. The Morgan fingerprint density at radius 3 is 2.67 bits per heavy atom. The molecule has 0 saturated heterocycles. The van der Waals surface area contributed by atoms with Crippen LogP contribution >= 0.6 is 0 Å². The summed E-state index contributed by atoms with van der Waals surface area (Å²) >= 11 is 0. The second-order valence-corrected chi connectivity index (χ2v) is 6.15. The molecule has 0 N–H and O–H groups in total. The lowest BCUT2D eigenvalue weighted by Crippen LogP contribution is -2.15. The van der Waals surface area contributed by atoms with Crippen LogP contribution in [0.1, 0.15) is 56.2 Å². The first-order chi connectivity index (χ1) is 8.43. The Morgan fingerprint density at radius 1 is 1.33 bits per heavy atom. The van der Waals surface area contributed by atoms with E-state index in [2.05, 4.69) is 45.9 Å². The largest absolute Gasteiger partial charge is 0.493 e. The Bertz CT molecular complexity index is 491. The van der Waals surface area contributed by atoms with Crippen molar-refractivity contribution < 1.29 is 4.74 Å². The van der Waals surface area contributed by atoms with Crippen molar-refractivity contribution >= 4 is 0 Å². The molecule has 1 aromatic rings. The lowest BCUT2D eigenvalue weighted by atomic mass is 9.82. The number of nitrogens with zero attached hydrogens (tertiary/aromatic N) is 1. The zero-order valence-electron chi connectivity index (χ0n) is 11.7. The number of hydrogen-bond donors (Lipinski definition) is 0. The second-order valence-electron chi connectivity index (χ2n) is 6.15. The molecule has 0 fully saturated rings. The Morgan fingerprint density at radius 2 is 2.06 bits per heavy atom. The van der Waals surface area contributed by atoms with E-state index in [0.29, 0.717) is 0 Å². The molecule has 1 unspecified atom stereocenters. The summed E-state index contributed by atoms with van der Waals surface area (Å²) in [5.41, 5.74) is 3.56. The van der Waals surface area contributed by atoms with Crippen LogP contribution in [-0.2, 0) is 5.41 Å². The molecular formula is C16H21NO. The minimum Gasteiger partial charge on any atom is -0.493 e. The molecule has 0 bridgehead atoms. The first-order valence-electron chi connectivity index (χ1n) is 6.61. The Balaban J connectivity index is 2.65. The number of nitriles is 1. The zero-order valence-corrected chi connectivity index (χ0v) is 11.7. The van der Waals surface area contributed by atoms with Crippen LogP contribution in [0.15, 0.2) is 12.1 Å². The third kappa shape index (κ3) is 2.36. The Hall–Kier alpha value is -1.49. The standard InChI is InChI=1S/C16H21NO/c1-11-8-13-12(10-17)6-5-7-18-15(13)14(9-11)16(2,3)4/h8-9,12H,5-7H2,1-4H3. The summed E-state index contributed by atoms with van der Waals surface area (Å²) in [5, 5.41) is 9.34. The van der Waals surface area contributed by atoms with Crippen LogP contribution in [0, 0.1) is 18.3 Å². The molecule has 1 atom stereocenters. The quantitative estimate of drug-likeness (QED) is 0.688. The summed E-state index contributed by atoms with van der Waals surface area (Å²) in [6, 6.07) is 6.73. The molecule has 2 rings (SSSR count). The predicted molar refractivity (Wildman–Crippen MR) is 73.0 cm³/mol. The highest BCUT2D eigenvalue weighted by Crippen LogP contribution is 2.41. The monoisotopic (exact) mass is 243 g/mol. The molecule has 2 heteroatoms. The number of ether oxygens (including phenoxy) is 1. The summed E-state index contributed by atoms with van der Waals surface area (Å²) in [6.45, 7) is 9.39. The van der Waals surface area contributed by atoms with Gasteiger partial charge in [-0.2, -0.15) is 5.26 Å². The van der Waals surface area contributed by atoms with Crippen molar-refractivity contribution in [2.24, 2.45) is 0 Å². The first-order valence-corrected chi connectivity index (χ1v) is 6.61. The van der Waals surface area contributed by atoms with E-state index < -0.39 is 0 Å². The van der Waals surface area contributed by atoms with Crippen molar-refractivity contribution in [2.45, 2.75) is 51.9 Å². The maximum atomic E-state index is 9.34. The molecule has 1 aliphatic rings. The van der Waals surface area contributed by atoms with E-state index in [-0.39, 0.29) is 11.3 Å². The summed E-state index contributed by atoms with van der Waals surface area (Å²) in [4.78, 5) is 0. The molecule has 1 aromatic carbocycles. The SMILES string of the molecule is Cc1cc2c(c(C(C)(C)C)c1)OCCCC2C#N. The van der Waals surface area contributed by atoms with Gasteiger partial charge in [0.05, 0.1) is 18.6 Å². The van der Waals surface area contributed by atoms with Crippen LogP contribution < -0.4 is 4.74 Å². The predicted octanol–water partition coefficient (Wildman–Crippen LogP) is 4.07. The van der Waals surface area contributed by atoms with E-state index in [4.69, 9.17) is 4.74 Å². The fourth-order valence-corrected chi connectivity index (χ4v) is 2.53. The van der Waals surface area contributed by atoms with Gasteiger partial charge in [0.2, 0.25) is 0 Å².